The van der Waals surface area contributed by atoms with Crippen molar-refractivity contribution in [3.05, 3.63) is 0 Å². The second-order valence-corrected chi connectivity index (χ2v) is 5.14. The lowest BCUT2D eigenvalue weighted by molar-refractivity contribution is -0.236. The Bertz CT molecular complexity index is 246. The van der Waals surface area contributed by atoms with E-state index in [1.54, 1.807) is 0 Å². The van der Waals surface area contributed by atoms with Crippen LogP contribution in [-0.2, 0) is 14.5 Å². The summed E-state index contributed by atoms with van der Waals surface area (Å²) in [5, 5.41) is 11.5. The van der Waals surface area contributed by atoms with Gasteiger partial charge in [0.1, 0.15) is 12.3 Å². The molecule has 1 unspecified atom stereocenters. The fourth-order valence-electron chi connectivity index (χ4n) is 2.13. The van der Waals surface area contributed by atoms with Gasteiger partial charge in [-0.1, -0.05) is 45.4 Å². The van der Waals surface area contributed by atoms with Crippen LogP contribution in [0.5, 0.6) is 0 Å². The van der Waals surface area contributed by atoms with Gasteiger partial charge in [-0.2, -0.15) is 5.26 Å². The topological polar surface area (TPSA) is 75.6 Å². The molecule has 0 aliphatic rings. The number of hydrogen-bond donors (Lipinski definition) is 2. The molecule has 5 heteroatoms. The van der Waals surface area contributed by atoms with Gasteiger partial charge in [0.2, 0.25) is 0 Å². The maximum Gasteiger partial charge on any atom is 0.358 e. The third kappa shape index (κ3) is 10.9. The Balaban J connectivity index is 3.62. The van der Waals surface area contributed by atoms with Gasteiger partial charge in [-0.3, -0.25) is 4.89 Å². The van der Waals surface area contributed by atoms with Gasteiger partial charge in [0.25, 0.3) is 0 Å². The summed E-state index contributed by atoms with van der Waals surface area (Å²) in [7, 11) is 0. The summed E-state index contributed by atoms with van der Waals surface area (Å²) in [6.07, 6.45) is 10.9. The third-order valence-electron chi connectivity index (χ3n) is 3.36. The van der Waals surface area contributed by atoms with Gasteiger partial charge < -0.3 is 10.1 Å². The summed E-state index contributed by atoms with van der Waals surface area (Å²) >= 11 is 0. The van der Waals surface area contributed by atoms with Crippen LogP contribution in [-0.4, -0.2) is 30.1 Å². The highest BCUT2D eigenvalue weighted by Crippen LogP contribution is 2.07. The summed E-state index contributed by atoms with van der Waals surface area (Å²) in [6, 6.07) is -0.514. The molecule has 0 rings (SSSR count). The zero-order valence-electron chi connectivity index (χ0n) is 12.6. The summed E-state index contributed by atoms with van der Waals surface area (Å²) in [5.41, 5.74) is 0. The van der Waals surface area contributed by atoms with Crippen LogP contribution in [0.15, 0.2) is 0 Å². The zero-order valence-corrected chi connectivity index (χ0v) is 12.6. The number of nitrogens with one attached hydrogen (secondary N) is 1. The Hall–Kier alpha value is -0.940. The van der Waals surface area contributed by atoms with Crippen molar-refractivity contribution in [2.45, 2.75) is 77.2 Å². The van der Waals surface area contributed by atoms with E-state index >= 15 is 0 Å². The van der Waals surface area contributed by atoms with Gasteiger partial charge in [0.15, 0.2) is 0 Å². The van der Waals surface area contributed by atoms with Crippen molar-refractivity contribution in [2.24, 2.45) is 0 Å². The quantitative estimate of drug-likeness (QED) is 0.222. The minimum absolute atomic E-state index is 0.425. The first kappa shape index (κ1) is 19.1. The molecule has 2 N–H and O–H groups in total. The van der Waals surface area contributed by atoms with Crippen LogP contribution in [0.4, 0.5) is 0 Å². The molecule has 0 aromatic heterocycles. The third-order valence-corrected chi connectivity index (χ3v) is 3.36. The number of hydrogen-bond acceptors (Lipinski definition) is 5. The molecule has 5 nitrogen and oxygen atoms in total. The van der Waals surface area contributed by atoms with Crippen LogP contribution >= 0.6 is 0 Å². The lowest BCUT2D eigenvalue weighted by Gasteiger charge is -2.14. The van der Waals surface area contributed by atoms with E-state index in [-0.39, 0.29) is 0 Å². The zero-order chi connectivity index (χ0) is 15.1. The molecule has 0 aliphatic carbocycles. The number of unbranched alkanes of at least 4 members (excludes halogenated alkanes) is 7. The lowest BCUT2D eigenvalue weighted by Crippen LogP contribution is -2.38. The molecule has 118 valence electrons. The van der Waals surface area contributed by atoms with E-state index in [2.05, 4.69) is 17.1 Å². The van der Waals surface area contributed by atoms with Crippen LogP contribution in [0.2, 0.25) is 0 Å². The van der Waals surface area contributed by atoms with E-state index < -0.39 is 12.0 Å². The first-order valence-corrected chi connectivity index (χ1v) is 7.78. The van der Waals surface area contributed by atoms with Crippen LogP contribution in [0.25, 0.3) is 0 Å². The molecular formula is C15H29NO4. The van der Waals surface area contributed by atoms with Crippen molar-refractivity contribution >= 4 is 12.3 Å². The molecule has 0 bridgehead atoms. The van der Waals surface area contributed by atoms with E-state index in [9.17, 15) is 9.59 Å². The molecule has 0 amide bonds. The minimum atomic E-state index is -0.668. The molecular weight excluding hydrogens is 258 g/mol. The number of carbonyl (C=O) groups is 2. The van der Waals surface area contributed by atoms with E-state index in [0.717, 1.165) is 25.7 Å². The highest BCUT2D eigenvalue weighted by Gasteiger charge is 2.18. The lowest BCUT2D eigenvalue weighted by atomic mass is 10.1. The maximum absolute atomic E-state index is 11.3. The van der Waals surface area contributed by atoms with Gasteiger partial charge in [0.05, 0.1) is 0 Å². The molecule has 0 aromatic rings. The Morgan fingerprint density at radius 2 is 1.80 bits per heavy atom. The number of carbonyl (C=O) groups excluding carboxylic acids is 2. The summed E-state index contributed by atoms with van der Waals surface area (Å²) in [6.45, 7) is 2.93. The second-order valence-electron chi connectivity index (χ2n) is 5.14. The summed E-state index contributed by atoms with van der Waals surface area (Å²) in [5.74, 6) is -0.668. The molecule has 0 saturated heterocycles. The average molecular weight is 287 g/mol. The Kier molecular flexibility index (Phi) is 13.8. The van der Waals surface area contributed by atoms with Gasteiger partial charge in [-0.05, 0) is 25.8 Å². The highest BCUT2D eigenvalue weighted by atomic mass is 17.1. The first-order valence-electron chi connectivity index (χ1n) is 7.78. The molecule has 0 aromatic carbocycles. The molecule has 0 heterocycles. The van der Waals surface area contributed by atoms with Crippen LogP contribution < -0.4 is 5.32 Å². The summed E-state index contributed by atoms with van der Waals surface area (Å²) in [4.78, 5) is 25.3. The van der Waals surface area contributed by atoms with Gasteiger partial charge in [-0.15, -0.1) is 0 Å². The fraction of sp³-hybridized carbons (Fsp3) is 0.867. The minimum Gasteiger partial charge on any atom is -0.304 e. The molecule has 0 spiro atoms. The standard InChI is InChI=1S/C15H29NO4/c1-2-3-4-5-6-7-9-12-16-14(15(18)20-19)11-8-10-13-17/h13-14,16,19H,2-12H2,1H3. The van der Waals surface area contributed by atoms with Gasteiger partial charge in [-0.25, -0.2) is 4.79 Å². The monoisotopic (exact) mass is 287 g/mol. The fourth-order valence-corrected chi connectivity index (χ4v) is 2.13. The smallest absolute Gasteiger partial charge is 0.304 e. The Labute approximate surface area is 122 Å². The normalized spacial score (nSPS) is 12.1. The molecule has 20 heavy (non-hydrogen) atoms. The van der Waals surface area contributed by atoms with Crippen LogP contribution in [0, 0.1) is 0 Å². The second kappa shape index (κ2) is 14.5. The molecule has 0 radical (unpaired) electrons. The van der Waals surface area contributed by atoms with Gasteiger partial charge >= 0.3 is 5.97 Å². The SMILES string of the molecule is CCCCCCCCCNC(CCCC=O)C(=O)OO. The maximum atomic E-state index is 11.3. The first-order chi connectivity index (χ1) is 9.76. The van der Waals surface area contributed by atoms with Crippen LogP contribution in [0.1, 0.15) is 71.1 Å². The number of aldehydes is 1. The van der Waals surface area contributed by atoms with Crippen molar-refractivity contribution < 1.29 is 19.7 Å². The van der Waals surface area contributed by atoms with E-state index in [1.807, 2.05) is 0 Å². The largest absolute Gasteiger partial charge is 0.358 e. The molecule has 0 fully saturated rings. The van der Waals surface area contributed by atoms with Crippen molar-refractivity contribution in [3.63, 3.8) is 0 Å². The van der Waals surface area contributed by atoms with Crippen molar-refractivity contribution in [2.75, 3.05) is 6.54 Å². The number of rotatable bonds is 14. The predicted octanol–water partition coefficient (Wildman–Crippen LogP) is 3.08. The van der Waals surface area contributed by atoms with E-state index in [4.69, 9.17) is 5.26 Å². The molecule has 0 saturated carbocycles. The van der Waals surface area contributed by atoms with Crippen LogP contribution in [0.3, 0.4) is 0 Å². The predicted molar refractivity (Wildman–Crippen MR) is 78.4 cm³/mol. The Morgan fingerprint density at radius 3 is 2.40 bits per heavy atom. The van der Waals surface area contributed by atoms with Crippen molar-refractivity contribution in [1.29, 1.82) is 0 Å². The Morgan fingerprint density at radius 1 is 1.15 bits per heavy atom. The molecule has 1 atom stereocenters. The van der Waals surface area contributed by atoms with E-state index in [0.29, 0.717) is 19.3 Å². The van der Waals surface area contributed by atoms with Crippen molar-refractivity contribution in [1.82, 2.24) is 5.32 Å². The molecule has 0 aliphatic heterocycles. The van der Waals surface area contributed by atoms with Crippen molar-refractivity contribution in [3.8, 4) is 0 Å². The van der Waals surface area contributed by atoms with E-state index in [1.165, 1.54) is 32.1 Å². The summed E-state index contributed by atoms with van der Waals surface area (Å²) < 4.78 is 0. The van der Waals surface area contributed by atoms with Gasteiger partial charge in [0, 0.05) is 6.42 Å². The highest BCUT2D eigenvalue weighted by molar-refractivity contribution is 5.75. The average Bonchev–Trinajstić information content (AvgIpc) is 2.47.